The number of anilines is 1. The molecule has 0 spiro atoms. The zero-order valence-corrected chi connectivity index (χ0v) is 14.6. The Bertz CT molecular complexity index is 926. The maximum Gasteiger partial charge on any atom is 0.223 e. The smallest absolute Gasteiger partial charge is 0.223 e. The van der Waals surface area contributed by atoms with E-state index in [0.717, 1.165) is 27.3 Å². The van der Waals surface area contributed by atoms with E-state index in [4.69, 9.17) is 10.5 Å². The van der Waals surface area contributed by atoms with Gasteiger partial charge in [0.1, 0.15) is 22.7 Å². The van der Waals surface area contributed by atoms with E-state index < -0.39 is 0 Å². The molecule has 1 saturated heterocycles. The van der Waals surface area contributed by atoms with Crippen molar-refractivity contribution in [3.8, 4) is 5.75 Å². The normalized spacial score (nSPS) is 20.1. The molecule has 1 aromatic carbocycles. The second kappa shape index (κ2) is 6.33. The molecular weight excluding hydrogens is 336 g/mol. The molecule has 1 aliphatic heterocycles. The molecule has 0 bridgehead atoms. The lowest BCUT2D eigenvalue weighted by atomic mass is 9.92. The van der Waals surface area contributed by atoms with Gasteiger partial charge in [-0.3, -0.25) is 4.79 Å². The molecule has 25 heavy (non-hydrogen) atoms. The monoisotopic (exact) mass is 354 g/mol. The number of nitrogens with two attached hydrogens (primary N) is 1. The minimum absolute atomic E-state index is 0.202. The number of hydrogen-bond donors (Lipinski definition) is 1. The molecule has 128 valence electrons. The largest absolute Gasteiger partial charge is 0.496 e. The van der Waals surface area contributed by atoms with Crippen LogP contribution in [0.3, 0.4) is 0 Å². The second-order valence-corrected chi connectivity index (χ2v) is 6.91. The third-order valence-electron chi connectivity index (χ3n) is 4.73. The standard InChI is InChI=1S/C18H18N4O2S/c1-24-14-5-3-2-4-11(14)15-12(16(19)23)6-8-22(15)17-13-7-9-25-18(13)21-10-20-17/h2-5,7,9-10,12,15H,6,8H2,1H3,(H2,19,23). The van der Waals surface area contributed by atoms with Gasteiger partial charge in [-0.1, -0.05) is 18.2 Å². The molecule has 6 nitrogen and oxygen atoms in total. The van der Waals surface area contributed by atoms with Gasteiger partial charge >= 0.3 is 0 Å². The number of rotatable bonds is 4. The van der Waals surface area contributed by atoms with Gasteiger partial charge in [-0.2, -0.15) is 0 Å². The van der Waals surface area contributed by atoms with Crippen molar-refractivity contribution in [2.75, 3.05) is 18.6 Å². The zero-order valence-electron chi connectivity index (χ0n) is 13.8. The van der Waals surface area contributed by atoms with Gasteiger partial charge in [0.2, 0.25) is 5.91 Å². The number of amides is 1. The third kappa shape index (κ3) is 2.60. The van der Waals surface area contributed by atoms with Crippen LogP contribution >= 0.6 is 11.3 Å². The highest BCUT2D eigenvalue weighted by molar-refractivity contribution is 7.16. The van der Waals surface area contributed by atoms with Gasteiger partial charge in [-0.05, 0) is 23.9 Å². The van der Waals surface area contributed by atoms with Crippen LogP contribution < -0.4 is 15.4 Å². The molecule has 0 radical (unpaired) electrons. The minimum Gasteiger partial charge on any atom is -0.496 e. The Morgan fingerprint density at radius 2 is 2.16 bits per heavy atom. The van der Waals surface area contributed by atoms with Crippen LogP contribution in [0.25, 0.3) is 10.2 Å². The minimum atomic E-state index is -0.297. The van der Waals surface area contributed by atoms with Crippen LogP contribution in [-0.2, 0) is 4.79 Å². The molecular formula is C18H18N4O2S. The van der Waals surface area contributed by atoms with E-state index in [1.54, 1.807) is 24.8 Å². The van der Waals surface area contributed by atoms with Crippen LogP contribution in [0.5, 0.6) is 5.75 Å². The first-order valence-electron chi connectivity index (χ1n) is 8.07. The first kappa shape index (κ1) is 15.8. The van der Waals surface area contributed by atoms with Crippen molar-refractivity contribution in [3.63, 3.8) is 0 Å². The summed E-state index contributed by atoms with van der Waals surface area (Å²) in [5.74, 6) is 1.00. The molecule has 3 heterocycles. The van der Waals surface area contributed by atoms with Crippen LogP contribution in [0, 0.1) is 5.92 Å². The van der Waals surface area contributed by atoms with E-state index in [1.165, 1.54) is 0 Å². The number of carbonyl (C=O) groups is 1. The van der Waals surface area contributed by atoms with Gasteiger partial charge in [0.15, 0.2) is 0 Å². The van der Waals surface area contributed by atoms with Crippen molar-refractivity contribution >= 4 is 33.3 Å². The highest BCUT2D eigenvalue weighted by Gasteiger charge is 2.41. The summed E-state index contributed by atoms with van der Waals surface area (Å²) in [7, 11) is 1.64. The Morgan fingerprint density at radius 1 is 1.32 bits per heavy atom. The fraction of sp³-hybridized carbons (Fsp3) is 0.278. The molecule has 3 aromatic rings. The van der Waals surface area contributed by atoms with Crippen LogP contribution in [0.15, 0.2) is 42.0 Å². The Kier molecular flexibility index (Phi) is 4.01. The van der Waals surface area contributed by atoms with E-state index in [9.17, 15) is 4.79 Å². The molecule has 2 atom stereocenters. The fourth-order valence-corrected chi connectivity index (χ4v) is 4.36. The Labute approximate surface area is 149 Å². The average Bonchev–Trinajstić information content (AvgIpc) is 3.28. The highest BCUT2D eigenvalue weighted by atomic mass is 32.1. The first-order valence-corrected chi connectivity index (χ1v) is 8.95. The van der Waals surface area contributed by atoms with Crippen molar-refractivity contribution in [1.29, 1.82) is 0 Å². The number of nitrogens with zero attached hydrogens (tertiary/aromatic N) is 3. The molecule has 2 unspecified atom stereocenters. The number of benzene rings is 1. The van der Waals surface area contributed by atoms with Crippen molar-refractivity contribution in [1.82, 2.24) is 9.97 Å². The summed E-state index contributed by atoms with van der Waals surface area (Å²) in [5, 5.41) is 3.00. The summed E-state index contributed by atoms with van der Waals surface area (Å²) in [6.45, 7) is 0.707. The van der Waals surface area contributed by atoms with Crippen molar-refractivity contribution in [3.05, 3.63) is 47.6 Å². The highest BCUT2D eigenvalue weighted by Crippen LogP contribution is 2.44. The summed E-state index contributed by atoms with van der Waals surface area (Å²) in [6.07, 6.45) is 2.26. The predicted octanol–water partition coefficient (Wildman–Crippen LogP) is 2.75. The Balaban J connectivity index is 1.86. The quantitative estimate of drug-likeness (QED) is 0.779. The second-order valence-electron chi connectivity index (χ2n) is 6.01. The molecule has 2 aromatic heterocycles. The molecule has 2 N–H and O–H groups in total. The van der Waals surface area contributed by atoms with Crippen molar-refractivity contribution in [2.24, 2.45) is 11.7 Å². The summed E-state index contributed by atoms with van der Waals surface area (Å²) in [5.41, 5.74) is 6.66. The number of carbonyl (C=O) groups excluding carboxylic acids is 1. The summed E-state index contributed by atoms with van der Waals surface area (Å²) in [6, 6.07) is 9.58. The van der Waals surface area contributed by atoms with E-state index in [0.29, 0.717) is 13.0 Å². The topological polar surface area (TPSA) is 81.3 Å². The van der Waals surface area contributed by atoms with Crippen LogP contribution in [0.4, 0.5) is 5.82 Å². The lowest BCUT2D eigenvalue weighted by molar-refractivity contribution is -0.122. The Morgan fingerprint density at radius 3 is 2.96 bits per heavy atom. The summed E-state index contributed by atoms with van der Waals surface area (Å²) >= 11 is 1.58. The van der Waals surface area contributed by atoms with E-state index in [-0.39, 0.29) is 17.9 Å². The molecule has 1 aliphatic rings. The number of fused-ring (bicyclic) bond motifs is 1. The third-order valence-corrected chi connectivity index (χ3v) is 5.55. The molecule has 4 rings (SSSR count). The van der Waals surface area contributed by atoms with Gasteiger partial charge < -0.3 is 15.4 Å². The fourth-order valence-electron chi connectivity index (χ4n) is 3.63. The molecule has 0 saturated carbocycles. The number of thiophene rings is 1. The number of primary amides is 1. The average molecular weight is 354 g/mol. The van der Waals surface area contributed by atoms with Crippen LogP contribution in [-0.4, -0.2) is 29.5 Å². The predicted molar refractivity (Wildman–Crippen MR) is 97.8 cm³/mol. The maximum atomic E-state index is 12.1. The molecule has 7 heteroatoms. The number of ether oxygens (including phenoxy) is 1. The maximum absolute atomic E-state index is 12.1. The van der Waals surface area contributed by atoms with Crippen LogP contribution in [0.1, 0.15) is 18.0 Å². The van der Waals surface area contributed by atoms with Gasteiger partial charge in [-0.15, -0.1) is 11.3 Å². The summed E-state index contributed by atoms with van der Waals surface area (Å²) in [4.78, 5) is 24.0. The van der Waals surface area contributed by atoms with Crippen molar-refractivity contribution in [2.45, 2.75) is 12.5 Å². The lowest BCUT2D eigenvalue weighted by Crippen LogP contribution is -2.32. The first-order chi connectivity index (χ1) is 12.2. The van der Waals surface area contributed by atoms with E-state index in [1.807, 2.05) is 35.7 Å². The Hall–Kier alpha value is -2.67. The lowest BCUT2D eigenvalue weighted by Gasteiger charge is -2.30. The van der Waals surface area contributed by atoms with Crippen molar-refractivity contribution < 1.29 is 9.53 Å². The number of para-hydroxylation sites is 1. The number of hydrogen-bond acceptors (Lipinski definition) is 6. The van der Waals surface area contributed by atoms with Crippen LogP contribution in [0.2, 0.25) is 0 Å². The zero-order chi connectivity index (χ0) is 17.4. The van der Waals surface area contributed by atoms with Gasteiger partial charge in [0, 0.05) is 12.1 Å². The molecule has 1 amide bonds. The van der Waals surface area contributed by atoms with Gasteiger partial charge in [-0.25, -0.2) is 9.97 Å². The molecule has 1 fully saturated rings. The number of aromatic nitrogens is 2. The van der Waals surface area contributed by atoms with Gasteiger partial charge in [0.05, 0.1) is 24.5 Å². The molecule has 0 aliphatic carbocycles. The SMILES string of the molecule is COc1ccccc1C1C(C(N)=O)CCN1c1ncnc2sccc12. The van der Waals surface area contributed by atoms with Gasteiger partial charge in [0.25, 0.3) is 0 Å². The summed E-state index contributed by atoms with van der Waals surface area (Å²) < 4.78 is 5.53. The number of methoxy groups -OCH3 is 1. The van der Waals surface area contributed by atoms with E-state index >= 15 is 0 Å². The van der Waals surface area contributed by atoms with E-state index in [2.05, 4.69) is 14.9 Å².